The highest BCUT2D eigenvalue weighted by atomic mass is 79.9. The molecule has 2 saturated heterocycles. The molecule has 0 aliphatic carbocycles. The van der Waals surface area contributed by atoms with Crippen molar-refractivity contribution < 1.29 is 4.74 Å². The summed E-state index contributed by atoms with van der Waals surface area (Å²) in [6, 6.07) is 10.9. The number of rotatable bonds is 5. The minimum atomic E-state index is 0.411. The summed E-state index contributed by atoms with van der Waals surface area (Å²) < 4.78 is 6.61. The van der Waals surface area contributed by atoms with E-state index in [4.69, 9.17) is 9.72 Å². The third kappa shape index (κ3) is 4.97. The number of piperidine rings is 1. The first-order chi connectivity index (χ1) is 13.3. The fourth-order valence-electron chi connectivity index (χ4n) is 3.74. The number of anilines is 2. The van der Waals surface area contributed by atoms with Gasteiger partial charge in [0.1, 0.15) is 5.82 Å². The molecule has 0 saturated carbocycles. The van der Waals surface area contributed by atoms with Crippen LogP contribution < -0.4 is 10.2 Å². The quantitative estimate of drug-likeness (QED) is 0.784. The topological polar surface area (TPSA) is 53.5 Å². The molecule has 0 spiro atoms. The van der Waals surface area contributed by atoms with Crippen LogP contribution >= 0.6 is 15.9 Å². The average Bonchev–Trinajstić information content (AvgIpc) is 2.71. The second-order valence-corrected chi connectivity index (χ2v) is 8.01. The van der Waals surface area contributed by atoms with Gasteiger partial charge in [-0.25, -0.2) is 4.98 Å². The van der Waals surface area contributed by atoms with Crippen LogP contribution in [0.15, 0.2) is 41.0 Å². The SMILES string of the molecule is Brc1ccccc1CN1CCCC(Nc2ccnc(N3CCOCC3)n2)C1. The van der Waals surface area contributed by atoms with Crippen LogP contribution in [0.4, 0.5) is 11.8 Å². The van der Waals surface area contributed by atoms with Crippen molar-refractivity contribution in [2.24, 2.45) is 0 Å². The molecule has 2 fully saturated rings. The Balaban J connectivity index is 1.37. The lowest BCUT2D eigenvalue weighted by Gasteiger charge is -2.34. The lowest BCUT2D eigenvalue weighted by Crippen LogP contribution is -2.42. The summed E-state index contributed by atoms with van der Waals surface area (Å²) in [6.45, 7) is 6.34. The fraction of sp³-hybridized carbons (Fsp3) is 0.500. The van der Waals surface area contributed by atoms with Crippen LogP contribution in [0, 0.1) is 0 Å². The Morgan fingerprint density at radius 3 is 2.85 bits per heavy atom. The maximum absolute atomic E-state index is 5.42. The summed E-state index contributed by atoms with van der Waals surface area (Å²) in [5.74, 6) is 1.71. The van der Waals surface area contributed by atoms with Gasteiger partial charge in [-0.05, 0) is 37.1 Å². The first-order valence-electron chi connectivity index (χ1n) is 9.66. The Kier molecular flexibility index (Phi) is 6.21. The number of nitrogens with zero attached hydrogens (tertiary/aromatic N) is 4. The van der Waals surface area contributed by atoms with Gasteiger partial charge >= 0.3 is 0 Å². The zero-order valence-electron chi connectivity index (χ0n) is 15.5. The first-order valence-corrected chi connectivity index (χ1v) is 10.5. The van der Waals surface area contributed by atoms with Gasteiger partial charge in [-0.1, -0.05) is 34.1 Å². The monoisotopic (exact) mass is 431 g/mol. The largest absolute Gasteiger partial charge is 0.378 e. The van der Waals surface area contributed by atoms with E-state index in [1.807, 2.05) is 12.3 Å². The summed E-state index contributed by atoms with van der Waals surface area (Å²) in [6.07, 6.45) is 4.22. The molecular formula is C20H26BrN5O. The number of hydrogen-bond donors (Lipinski definition) is 1. The summed E-state index contributed by atoms with van der Waals surface area (Å²) in [7, 11) is 0. The van der Waals surface area contributed by atoms with E-state index >= 15 is 0 Å². The number of morpholine rings is 1. The smallest absolute Gasteiger partial charge is 0.227 e. The predicted octanol–water partition coefficient (Wildman–Crippen LogP) is 3.15. The minimum Gasteiger partial charge on any atom is -0.378 e. The third-order valence-corrected chi connectivity index (χ3v) is 5.92. The van der Waals surface area contributed by atoms with Crippen molar-refractivity contribution in [3.63, 3.8) is 0 Å². The van der Waals surface area contributed by atoms with E-state index in [0.717, 1.165) is 57.7 Å². The highest BCUT2D eigenvalue weighted by Crippen LogP contribution is 2.22. The second-order valence-electron chi connectivity index (χ2n) is 7.15. The Labute approximate surface area is 169 Å². The van der Waals surface area contributed by atoms with Crippen molar-refractivity contribution in [1.82, 2.24) is 14.9 Å². The molecule has 1 aromatic carbocycles. The summed E-state index contributed by atoms with van der Waals surface area (Å²) in [4.78, 5) is 13.9. The number of benzene rings is 1. The molecule has 27 heavy (non-hydrogen) atoms. The molecule has 144 valence electrons. The Morgan fingerprint density at radius 2 is 2.00 bits per heavy atom. The third-order valence-electron chi connectivity index (χ3n) is 5.15. The molecule has 4 rings (SSSR count). The fourth-order valence-corrected chi connectivity index (χ4v) is 4.15. The van der Waals surface area contributed by atoms with Gasteiger partial charge in [0.25, 0.3) is 0 Å². The van der Waals surface area contributed by atoms with Crippen LogP contribution in [0.5, 0.6) is 0 Å². The predicted molar refractivity (Wildman–Crippen MR) is 111 cm³/mol. The van der Waals surface area contributed by atoms with Crippen LogP contribution in [-0.2, 0) is 11.3 Å². The van der Waals surface area contributed by atoms with Crippen LogP contribution in [0.3, 0.4) is 0 Å². The van der Waals surface area contributed by atoms with E-state index in [1.54, 1.807) is 0 Å². The summed E-state index contributed by atoms with van der Waals surface area (Å²) in [5, 5.41) is 3.63. The average molecular weight is 432 g/mol. The molecule has 1 unspecified atom stereocenters. The molecule has 2 aliphatic heterocycles. The van der Waals surface area contributed by atoms with E-state index in [2.05, 4.69) is 60.3 Å². The van der Waals surface area contributed by atoms with Crippen LogP contribution in [0.25, 0.3) is 0 Å². The molecule has 0 amide bonds. The van der Waals surface area contributed by atoms with E-state index < -0.39 is 0 Å². The van der Waals surface area contributed by atoms with Gasteiger partial charge in [0.05, 0.1) is 13.2 Å². The van der Waals surface area contributed by atoms with Gasteiger partial charge in [0.2, 0.25) is 5.95 Å². The summed E-state index contributed by atoms with van der Waals surface area (Å²) in [5.41, 5.74) is 1.34. The Hall–Kier alpha value is -1.70. The maximum atomic E-state index is 5.42. The maximum Gasteiger partial charge on any atom is 0.227 e. The van der Waals surface area contributed by atoms with Gasteiger partial charge in [-0.3, -0.25) is 4.90 Å². The first kappa shape index (κ1) is 18.7. The molecule has 2 aromatic rings. The molecule has 1 atom stereocenters. The molecular weight excluding hydrogens is 406 g/mol. The Bertz CT molecular complexity index is 753. The van der Waals surface area contributed by atoms with E-state index in [0.29, 0.717) is 6.04 Å². The highest BCUT2D eigenvalue weighted by molar-refractivity contribution is 9.10. The standard InChI is InChI=1S/C20H26BrN5O/c21-18-6-2-1-4-16(18)14-25-9-3-5-17(15-25)23-19-7-8-22-20(24-19)26-10-12-27-13-11-26/h1-2,4,6-8,17H,3,5,9-15H2,(H,22,23,24). The van der Waals surface area contributed by atoms with Gasteiger partial charge in [0.15, 0.2) is 0 Å². The van der Waals surface area contributed by atoms with E-state index in [9.17, 15) is 0 Å². The van der Waals surface area contributed by atoms with Crippen LogP contribution in [-0.4, -0.2) is 60.3 Å². The van der Waals surface area contributed by atoms with Crippen molar-refractivity contribution in [1.29, 1.82) is 0 Å². The number of likely N-dealkylation sites (tertiary alicyclic amines) is 1. The number of halogens is 1. The van der Waals surface area contributed by atoms with Crippen LogP contribution in [0.1, 0.15) is 18.4 Å². The van der Waals surface area contributed by atoms with Crippen LogP contribution in [0.2, 0.25) is 0 Å². The molecule has 6 nitrogen and oxygen atoms in total. The number of hydrogen-bond acceptors (Lipinski definition) is 6. The van der Waals surface area contributed by atoms with Gasteiger partial charge in [-0.2, -0.15) is 4.98 Å². The van der Waals surface area contributed by atoms with Gasteiger partial charge in [0, 0.05) is 42.9 Å². The van der Waals surface area contributed by atoms with Crippen molar-refractivity contribution in [2.75, 3.05) is 49.6 Å². The van der Waals surface area contributed by atoms with Crippen molar-refractivity contribution >= 4 is 27.7 Å². The molecule has 2 aliphatic rings. The number of ether oxygens (including phenoxy) is 1. The lowest BCUT2D eigenvalue weighted by atomic mass is 10.0. The normalized spacial score (nSPS) is 21.2. The molecule has 0 radical (unpaired) electrons. The van der Waals surface area contributed by atoms with Crippen molar-refractivity contribution in [3.05, 3.63) is 46.6 Å². The number of aromatic nitrogens is 2. The lowest BCUT2D eigenvalue weighted by molar-refractivity contribution is 0.122. The molecule has 1 N–H and O–H groups in total. The molecule has 7 heteroatoms. The zero-order valence-corrected chi connectivity index (χ0v) is 17.1. The zero-order chi connectivity index (χ0) is 18.5. The highest BCUT2D eigenvalue weighted by Gasteiger charge is 2.21. The Morgan fingerprint density at radius 1 is 1.15 bits per heavy atom. The number of nitrogens with one attached hydrogen (secondary N) is 1. The van der Waals surface area contributed by atoms with E-state index in [-0.39, 0.29) is 0 Å². The second kappa shape index (κ2) is 8.99. The van der Waals surface area contributed by atoms with Gasteiger partial charge in [-0.15, -0.1) is 0 Å². The van der Waals surface area contributed by atoms with E-state index in [1.165, 1.54) is 22.9 Å². The minimum absolute atomic E-state index is 0.411. The van der Waals surface area contributed by atoms with Crippen molar-refractivity contribution in [3.8, 4) is 0 Å². The summed E-state index contributed by atoms with van der Waals surface area (Å²) >= 11 is 3.66. The molecule has 1 aromatic heterocycles. The van der Waals surface area contributed by atoms with Gasteiger partial charge < -0.3 is 15.0 Å². The molecule has 3 heterocycles. The van der Waals surface area contributed by atoms with Crippen molar-refractivity contribution in [2.45, 2.75) is 25.4 Å². The molecule has 0 bridgehead atoms.